The van der Waals surface area contributed by atoms with Crippen LogP contribution in [0, 0.1) is 12.7 Å². The van der Waals surface area contributed by atoms with Crippen molar-refractivity contribution in [3.8, 4) is 22.7 Å². The van der Waals surface area contributed by atoms with Crippen LogP contribution in [0.5, 0.6) is 5.75 Å². The normalized spacial score (nSPS) is 14.4. The lowest BCUT2D eigenvalue weighted by Crippen LogP contribution is -2.27. The summed E-state index contributed by atoms with van der Waals surface area (Å²) in [6.45, 7) is 5.14. The molecule has 0 saturated carbocycles. The molecule has 1 saturated heterocycles. The van der Waals surface area contributed by atoms with E-state index in [1.807, 2.05) is 66.3 Å². The minimum absolute atomic E-state index is 0.177. The Morgan fingerprint density at radius 2 is 1.85 bits per heavy atom. The van der Waals surface area contributed by atoms with Crippen LogP contribution in [0.2, 0.25) is 0 Å². The molecule has 5 nitrogen and oxygen atoms in total. The van der Waals surface area contributed by atoms with E-state index in [0.29, 0.717) is 15.8 Å². The van der Waals surface area contributed by atoms with Crippen LogP contribution in [0.3, 0.4) is 0 Å². The highest BCUT2D eigenvalue weighted by molar-refractivity contribution is 8.26. The molecule has 8 heteroatoms. The van der Waals surface area contributed by atoms with Gasteiger partial charge in [0.15, 0.2) is 0 Å². The molecule has 3 aromatic carbocycles. The third-order valence-corrected chi connectivity index (χ3v) is 7.76. The molecule has 1 amide bonds. The van der Waals surface area contributed by atoms with Crippen molar-refractivity contribution in [1.29, 1.82) is 0 Å². The van der Waals surface area contributed by atoms with E-state index in [9.17, 15) is 9.18 Å². The van der Waals surface area contributed by atoms with Gasteiger partial charge in [-0.25, -0.2) is 9.07 Å². The number of amides is 1. The molecule has 39 heavy (non-hydrogen) atoms. The van der Waals surface area contributed by atoms with Gasteiger partial charge in [0.05, 0.1) is 23.7 Å². The molecule has 0 bridgehead atoms. The van der Waals surface area contributed by atoms with Crippen LogP contribution < -0.4 is 4.74 Å². The van der Waals surface area contributed by atoms with Crippen molar-refractivity contribution in [2.45, 2.75) is 33.2 Å². The zero-order valence-corrected chi connectivity index (χ0v) is 23.4. The summed E-state index contributed by atoms with van der Waals surface area (Å²) in [7, 11) is 0. The van der Waals surface area contributed by atoms with Crippen molar-refractivity contribution in [1.82, 2.24) is 14.7 Å². The van der Waals surface area contributed by atoms with E-state index in [-0.39, 0.29) is 18.3 Å². The van der Waals surface area contributed by atoms with Crippen molar-refractivity contribution in [3.05, 3.63) is 106 Å². The number of para-hydroxylation sites is 1. The summed E-state index contributed by atoms with van der Waals surface area (Å²) in [5.41, 5.74) is 5.24. The first kappa shape index (κ1) is 26.8. The van der Waals surface area contributed by atoms with Gasteiger partial charge in [0, 0.05) is 17.3 Å². The van der Waals surface area contributed by atoms with E-state index in [2.05, 4.69) is 13.0 Å². The van der Waals surface area contributed by atoms with E-state index in [1.54, 1.807) is 17.0 Å². The summed E-state index contributed by atoms with van der Waals surface area (Å²) in [6, 6.07) is 22.0. The number of aromatic nitrogens is 2. The molecule has 1 aromatic heterocycles. The fourth-order valence-corrected chi connectivity index (χ4v) is 5.51. The molecule has 0 aliphatic carbocycles. The molecular weight excluding hydrogens is 529 g/mol. The number of carbonyl (C=O) groups excluding carboxylic acids is 1. The van der Waals surface area contributed by atoms with Gasteiger partial charge in [0.2, 0.25) is 0 Å². The van der Waals surface area contributed by atoms with Crippen LogP contribution in [0.25, 0.3) is 23.0 Å². The number of thiocarbonyl (C=S) groups is 1. The van der Waals surface area contributed by atoms with Gasteiger partial charge in [-0.2, -0.15) is 5.10 Å². The van der Waals surface area contributed by atoms with E-state index in [0.717, 1.165) is 52.2 Å². The zero-order chi connectivity index (χ0) is 27.4. The number of unbranched alkanes of at least 4 members (excludes halogenated alkanes) is 1. The maximum atomic E-state index is 13.4. The Hall–Kier alpha value is -3.75. The molecule has 1 aliphatic heterocycles. The van der Waals surface area contributed by atoms with Crippen molar-refractivity contribution in [2.75, 3.05) is 6.61 Å². The van der Waals surface area contributed by atoms with Gasteiger partial charge in [0.1, 0.15) is 21.6 Å². The highest BCUT2D eigenvalue weighted by Crippen LogP contribution is 2.36. The topological polar surface area (TPSA) is 47.4 Å². The molecule has 0 spiro atoms. The Morgan fingerprint density at radius 1 is 1.08 bits per heavy atom. The summed E-state index contributed by atoms with van der Waals surface area (Å²) in [4.78, 5) is 15.4. The molecule has 4 aromatic rings. The van der Waals surface area contributed by atoms with Crippen LogP contribution in [-0.2, 0) is 11.3 Å². The first-order chi connectivity index (χ1) is 18.9. The van der Waals surface area contributed by atoms with Crippen molar-refractivity contribution in [3.63, 3.8) is 0 Å². The molecule has 1 aliphatic rings. The Kier molecular flexibility index (Phi) is 8.24. The number of halogens is 1. The Bertz CT molecular complexity index is 1530. The number of hydrogen-bond donors (Lipinski definition) is 0. The number of aryl methyl sites for hydroxylation is 1. The first-order valence-electron chi connectivity index (χ1n) is 12.8. The van der Waals surface area contributed by atoms with E-state index < -0.39 is 0 Å². The number of thioether (sulfide) groups is 1. The highest BCUT2D eigenvalue weighted by Gasteiger charge is 2.32. The average molecular weight is 558 g/mol. The summed E-state index contributed by atoms with van der Waals surface area (Å²) in [5, 5.41) is 4.91. The van der Waals surface area contributed by atoms with Crippen LogP contribution >= 0.6 is 24.0 Å². The van der Waals surface area contributed by atoms with Gasteiger partial charge in [-0.1, -0.05) is 67.7 Å². The molecule has 0 atom stereocenters. The molecular formula is C31H28FN3O2S2. The monoisotopic (exact) mass is 557 g/mol. The van der Waals surface area contributed by atoms with E-state index >= 15 is 0 Å². The zero-order valence-electron chi connectivity index (χ0n) is 21.8. The van der Waals surface area contributed by atoms with Crippen LogP contribution in [0.1, 0.15) is 36.5 Å². The molecule has 0 N–H and O–H groups in total. The van der Waals surface area contributed by atoms with Crippen LogP contribution in [-0.4, -0.2) is 31.5 Å². The number of ether oxygens (including phenoxy) is 1. The lowest BCUT2D eigenvalue weighted by atomic mass is 10.0. The molecule has 198 valence electrons. The Balaban J connectivity index is 1.49. The van der Waals surface area contributed by atoms with Crippen molar-refractivity contribution >= 4 is 40.3 Å². The predicted molar refractivity (Wildman–Crippen MR) is 159 cm³/mol. The SMILES string of the molecule is CCCCOc1ccc(-c2nn(-c3ccccc3)cc2/C=C2\SC(=S)N(Cc3ccc(F)cc3)C2=O)cc1C. The van der Waals surface area contributed by atoms with Gasteiger partial charge in [-0.05, 0) is 73.0 Å². The molecule has 2 heterocycles. The minimum Gasteiger partial charge on any atom is -0.493 e. The number of rotatable bonds is 9. The third kappa shape index (κ3) is 6.13. The number of carbonyl (C=O) groups is 1. The minimum atomic E-state index is -0.317. The fourth-order valence-electron chi connectivity index (χ4n) is 4.27. The van der Waals surface area contributed by atoms with Crippen molar-refractivity contribution in [2.24, 2.45) is 0 Å². The summed E-state index contributed by atoms with van der Waals surface area (Å²) >= 11 is 6.80. The number of benzene rings is 3. The highest BCUT2D eigenvalue weighted by atomic mass is 32.2. The molecule has 0 radical (unpaired) electrons. The maximum absolute atomic E-state index is 13.4. The van der Waals surface area contributed by atoms with E-state index in [4.69, 9.17) is 22.1 Å². The quantitative estimate of drug-likeness (QED) is 0.121. The Labute approximate surface area is 237 Å². The predicted octanol–water partition coefficient (Wildman–Crippen LogP) is 7.57. The second-order valence-corrected chi connectivity index (χ2v) is 11.0. The second-order valence-electron chi connectivity index (χ2n) is 9.29. The average Bonchev–Trinajstić information content (AvgIpc) is 3.48. The van der Waals surface area contributed by atoms with E-state index in [1.165, 1.54) is 23.9 Å². The van der Waals surface area contributed by atoms with Crippen LogP contribution in [0.15, 0.2) is 83.9 Å². The first-order valence-corrected chi connectivity index (χ1v) is 14.0. The standard InChI is InChI=1S/C31H28FN3O2S2/c1-3-4-16-37-27-15-12-23(17-21(27)2)29-24(20-35(33-29)26-8-6-5-7-9-26)18-28-30(36)34(31(38)39-28)19-22-10-13-25(32)14-11-22/h5-15,17-18,20H,3-4,16,19H2,1-2H3/b28-18-. The number of nitrogens with zero attached hydrogens (tertiary/aromatic N) is 3. The lowest BCUT2D eigenvalue weighted by molar-refractivity contribution is -0.122. The maximum Gasteiger partial charge on any atom is 0.266 e. The Morgan fingerprint density at radius 3 is 2.56 bits per heavy atom. The van der Waals surface area contributed by atoms with Gasteiger partial charge >= 0.3 is 0 Å². The summed E-state index contributed by atoms with van der Waals surface area (Å²) < 4.78 is 21.6. The lowest BCUT2D eigenvalue weighted by Gasteiger charge is -2.14. The van der Waals surface area contributed by atoms with Gasteiger partial charge in [-0.15, -0.1) is 0 Å². The van der Waals surface area contributed by atoms with Crippen molar-refractivity contribution < 1.29 is 13.9 Å². The summed E-state index contributed by atoms with van der Waals surface area (Å²) in [6.07, 6.45) is 5.87. The van der Waals surface area contributed by atoms with Gasteiger partial charge in [0.25, 0.3) is 5.91 Å². The number of hydrogen-bond acceptors (Lipinski definition) is 5. The third-order valence-electron chi connectivity index (χ3n) is 6.38. The second kappa shape index (κ2) is 12.0. The largest absolute Gasteiger partial charge is 0.493 e. The smallest absolute Gasteiger partial charge is 0.266 e. The van der Waals surface area contributed by atoms with Gasteiger partial charge in [-0.3, -0.25) is 9.69 Å². The fraction of sp³-hybridized carbons (Fsp3) is 0.194. The van der Waals surface area contributed by atoms with Crippen LogP contribution in [0.4, 0.5) is 4.39 Å². The molecule has 0 unspecified atom stereocenters. The van der Waals surface area contributed by atoms with Gasteiger partial charge < -0.3 is 4.74 Å². The summed E-state index contributed by atoms with van der Waals surface area (Å²) in [5.74, 6) is 0.365. The molecule has 1 fully saturated rings. The molecule has 5 rings (SSSR count).